The van der Waals surface area contributed by atoms with Gasteiger partial charge in [0.05, 0.1) is 16.2 Å². The molecule has 8 heteroatoms. The maximum absolute atomic E-state index is 12.0. The van der Waals surface area contributed by atoms with E-state index in [9.17, 15) is 18.3 Å². The number of ketones is 1. The Labute approximate surface area is 128 Å². The first-order chi connectivity index (χ1) is 9.53. The first kappa shape index (κ1) is 16.3. The van der Waals surface area contributed by atoms with Crippen LogP contribution in [0.1, 0.15) is 36.4 Å². The molecule has 0 aromatic carbocycles. The normalized spacial score (nSPS) is 18.8. The standard InChI is InChI=1S/C13H20N2O4S2/c1-8(16)10-9(14)11(21(3,18)19)12(20-10)15-6-4-13(2,17)5-7-15/h17H,4-7,14H2,1-3H3. The number of nitrogen functional groups attached to an aromatic ring is 1. The molecule has 3 N–H and O–H groups in total. The van der Waals surface area contributed by atoms with Gasteiger partial charge >= 0.3 is 0 Å². The highest BCUT2D eigenvalue weighted by Gasteiger charge is 2.33. The summed E-state index contributed by atoms with van der Waals surface area (Å²) in [6, 6.07) is 0. The zero-order valence-corrected chi connectivity index (χ0v) is 14.0. The van der Waals surface area contributed by atoms with Gasteiger partial charge in [0, 0.05) is 26.3 Å². The Morgan fingerprint density at radius 1 is 1.38 bits per heavy atom. The summed E-state index contributed by atoms with van der Waals surface area (Å²) in [7, 11) is -3.53. The second kappa shape index (κ2) is 5.26. The maximum Gasteiger partial charge on any atom is 0.180 e. The SMILES string of the molecule is CC(=O)c1sc(N2CCC(C)(O)CC2)c(S(C)(=O)=O)c1N. The van der Waals surface area contributed by atoms with E-state index in [1.165, 1.54) is 6.92 Å². The van der Waals surface area contributed by atoms with Crippen LogP contribution in [0.3, 0.4) is 0 Å². The van der Waals surface area contributed by atoms with Crippen molar-refractivity contribution in [2.45, 2.75) is 37.2 Å². The number of hydrogen-bond donors (Lipinski definition) is 2. The lowest BCUT2D eigenvalue weighted by Gasteiger charge is -2.36. The smallest absolute Gasteiger partial charge is 0.180 e. The van der Waals surface area contributed by atoms with Crippen LogP contribution in [0.5, 0.6) is 0 Å². The van der Waals surface area contributed by atoms with Crippen LogP contribution in [0.2, 0.25) is 0 Å². The van der Waals surface area contributed by atoms with E-state index in [0.717, 1.165) is 17.6 Å². The molecule has 1 aromatic rings. The van der Waals surface area contributed by atoms with Crippen LogP contribution >= 0.6 is 11.3 Å². The van der Waals surface area contributed by atoms with E-state index in [1.807, 2.05) is 4.90 Å². The molecule has 1 fully saturated rings. The molecule has 2 heterocycles. The average molecular weight is 332 g/mol. The van der Waals surface area contributed by atoms with E-state index in [0.29, 0.717) is 30.9 Å². The number of hydrogen-bond acceptors (Lipinski definition) is 7. The zero-order valence-electron chi connectivity index (χ0n) is 12.3. The van der Waals surface area contributed by atoms with Gasteiger partial charge in [-0.05, 0) is 19.8 Å². The van der Waals surface area contributed by atoms with E-state index >= 15 is 0 Å². The first-order valence-corrected chi connectivity index (χ1v) is 9.34. The van der Waals surface area contributed by atoms with Gasteiger partial charge in [0.1, 0.15) is 9.90 Å². The lowest BCUT2D eigenvalue weighted by atomic mass is 9.94. The van der Waals surface area contributed by atoms with Gasteiger partial charge in [-0.1, -0.05) is 0 Å². The summed E-state index contributed by atoms with van der Waals surface area (Å²) in [5, 5.41) is 10.5. The molecule has 1 saturated heterocycles. The second-order valence-corrected chi connectivity index (χ2v) is 8.74. The molecule has 0 aliphatic carbocycles. The number of sulfone groups is 1. The predicted molar refractivity (Wildman–Crippen MR) is 83.9 cm³/mol. The fourth-order valence-electron chi connectivity index (χ4n) is 2.44. The minimum absolute atomic E-state index is 0.0410. The van der Waals surface area contributed by atoms with Gasteiger partial charge in [-0.3, -0.25) is 4.79 Å². The van der Waals surface area contributed by atoms with Crippen molar-refractivity contribution in [2.24, 2.45) is 0 Å². The molecular formula is C13H20N2O4S2. The van der Waals surface area contributed by atoms with Crippen molar-refractivity contribution in [1.29, 1.82) is 0 Å². The van der Waals surface area contributed by atoms with E-state index in [4.69, 9.17) is 5.73 Å². The van der Waals surface area contributed by atoms with Crippen molar-refractivity contribution < 1.29 is 18.3 Å². The number of nitrogens with zero attached hydrogens (tertiary/aromatic N) is 1. The summed E-state index contributed by atoms with van der Waals surface area (Å²) < 4.78 is 24.0. The molecule has 2 rings (SSSR count). The molecule has 6 nitrogen and oxygen atoms in total. The Balaban J connectivity index is 2.49. The van der Waals surface area contributed by atoms with E-state index in [-0.39, 0.29) is 21.2 Å². The molecule has 0 spiro atoms. The molecule has 0 bridgehead atoms. The number of carbonyl (C=O) groups excluding carboxylic acids is 1. The summed E-state index contributed by atoms with van der Waals surface area (Å²) >= 11 is 1.12. The number of rotatable bonds is 3. The lowest BCUT2D eigenvalue weighted by Crippen LogP contribution is -2.42. The molecular weight excluding hydrogens is 312 g/mol. The second-order valence-electron chi connectivity index (χ2n) is 5.79. The number of nitrogens with two attached hydrogens (primary N) is 1. The first-order valence-electron chi connectivity index (χ1n) is 6.63. The fraction of sp³-hybridized carbons (Fsp3) is 0.615. The van der Waals surface area contributed by atoms with E-state index in [2.05, 4.69) is 0 Å². The van der Waals surface area contributed by atoms with Crippen molar-refractivity contribution in [3.05, 3.63) is 4.88 Å². The Kier molecular flexibility index (Phi) is 4.07. The van der Waals surface area contributed by atoms with Crippen molar-refractivity contribution in [1.82, 2.24) is 0 Å². The molecule has 118 valence electrons. The van der Waals surface area contributed by atoms with Crippen LogP contribution in [0.15, 0.2) is 4.90 Å². The highest BCUT2D eigenvalue weighted by atomic mass is 32.2. The van der Waals surface area contributed by atoms with Crippen LogP contribution in [-0.2, 0) is 9.84 Å². The van der Waals surface area contributed by atoms with Gasteiger partial charge in [0.15, 0.2) is 15.6 Å². The van der Waals surface area contributed by atoms with Crippen molar-refractivity contribution >= 4 is 37.6 Å². The number of piperidine rings is 1. The maximum atomic E-state index is 12.0. The third-order valence-electron chi connectivity index (χ3n) is 3.70. The molecule has 0 saturated carbocycles. The van der Waals surface area contributed by atoms with Crippen molar-refractivity contribution in [3.8, 4) is 0 Å². The van der Waals surface area contributed by atoms with Gasteiger partial charge < -0.3 is 15.7 Å². The number of carbonyl (C=O) groups is 1. The number of aliphatic hydroxyl groups is 1. The van der Waals surface area contributed by atoms with Crippen molar-refractivity contribution in [2.75, 3.05) is 30.0 Å². The summed E-state index contributed by atoms with van der Waals surface area (Å²) in [6.07, 6.45) is 2.19. The van der Waals surface area contributed by atoms with Gasteiger partial charge in [-0.25, -0.2) is 8.42 Å². The van der Waals surface area contributed by atoms with Gasteiger partial charge in [0.25, 0.3) is 0 Å². The van der Waals surface area contributed by atoms with Gasteiger partial charge in [0.2, 0.25) is 0 Å². The zero-order chi connectivity index (χ0) is 16.0. The third-order valence-corrected chi connectivity index (χ3v) is 6.35. The molecule has 0 atom stereocenters. The molecule has 0 radical (unpaired) electrons. The summed E-state index contributed by atoms with van der Waals surface area (Å²) in [4.78, 5) is 13.8. The van der Waals surface area contributed by atoms with Crippen LogP contribution in [0, 0.1) is 0 Å². The Bertz CT molecular complexity index is 667. The molecule has 0 unspecified atom stereocenters. The Hall–Kier alpha value is -1.12. The van der Waals surface area contributed by atoms with Crippen molar-refractivity contribution in [3.63, 3.8) is 0 Å². The Morgan fingerprint density at radius 3 is 2.33 bits per heavy atom. The quantitative estimate of drug-likeness (QED) is 0.809. The van der Waals surface area contributed by atoms with Crippen LogP contribution < -0.4 is 10.6 Å². The molecule has 1 aromatic heterocycles. The minimum atomic E-state index is -3.53. The number of Topliss-reactive ketones (excluding diaryl/α,β-unsaturated/α-hetero) is 1. The largest absolute Gasteiger partial charge is 0.396 e. The summed E-state index contributed by atoms with van der Waals surface area (Å²) in [5.41, 5.74) is 5.20. The fourth-order valence-corrected chi connectivity index (χ4v) is 5.09. The minimum Gasteiger partial charge on any atom is -0.396 e. The predicted octanol–water partition coefficient (Wildman–Crippen LogP) is 1.29. The topological polar surface area (TPSA) is 101 Å². The van der Waals surface area contributed by atoms with E-state index < -0.39 is 15.4 Å². The summed E-state index contributed by atoms with van der Waals surface area (Å²) in [6.45, 7) is 4.21. The van der Waals surface area contributed by atoms with E-state index in [1.54, 1.807) is 6.92 Å². The Morgan fingerprint density at radius 2 is 1.90 bits per heavy atom. The number of anilines is 2. The summed E-state index contributed by atoms with van der Waals surface area (Å²) in [5.74, 6) is -0.238. The lowest BCUT2D eigenvalue weighted by molar-refractivity contribution is 0.0352. The van der Waals surface area contributed by atoms with Crippen LogP contribution in [0.4, 0.5) is 10.7 Å². The van der Waals surface area contributed by atoms with Crippen LogP contribution in [0.25, 0.3) is 0 Å². The highest BCUT2D eigenvalue weighted by Crippen LogP contribution is 2.43. The highest BCUT2D eigenvalue weighted by molar-refractivity contribution is 7.91. The van der Waals surface area contributed by atoms with Crippen LogP contribution in [-0.4, -0.2) is 44.3 Å². The molecule has 1 aliphatic heterocycles. The third kappa shape index (κ3) is 3.22. The van der Waals surface area contributed by atoms with Gasteiger partial charge in [-0.2, -0.15) is 0 Å². The number of thiophene rings is 1. The molecule has 21 heavy (non-hydrogen) atoms. The molecule has 0 amide bonds. The van der Waals surface area contributed by atoms with Gasteiger partial charge in [-0.15, -0.1) is 11.3 Å². The average Bonchev–Trinajstić information content (AvgIpc) is 2.66. The molecule has 1 aliphatic rings. The monoisotopic (exact) mass is 332 g/mol.